The molecule has 172 valence electrons. The van der Waals surface area contributed by atoms with Gasteiger partial charge in [-0.2, -0.15) is 0 Å². The number of anilines is 2. The Hall–Kier alpha value is -2.74. The number of carbonyl (C=O) groups excluding carboxylic acids is 1. The third-order valence-electron chi connectivity index (χ3n) is 5.52. The number of hydrogen-bond acceptors (Lipinski definition) is 4. The summed E-state index contributed by atoms with van der Waals surface area (Å²) in [6.07, 6.45) is 0. The molecule has 1 fully saturated rings. The second kappa shape index (κ2) is 9.63. The Morgan fingerprint density at radius 3 is 2.24 bits per heavy atom. The third-order valence-corrected chi connectivity index (χ3v) is 7.47. The average Bonchev–Trinajstić information content (AvgIpc) is 2.79. The van der Waals surface area contributed by atoms with Gasteiger partial charge in [-0.1, -0.05) is 47.0 Å². The molecular formula is C24H23Cl2N3O3S. The third kappa shape index (κ3) is 5.43. The maximum Gasteiger partial charge on any atom is 0.261 e. The first-order chi connectivity index (χ1) is 15.7. The summed E-state index contributed by atoms with van der Waals surface area (Å²) in [5.74, 6) is -0.182. The zero-order valence-corrected chi connectivity index (χ0v) is 20.3. The van der Waals surface area contributed by atoms with Crippen LogP contribution in [0.2, 0.25) is 10.0 Å². The van der Waals surface area contributed by atoms with Crippen molar-refractivity contribution in [3.63, 3.8) is 0 Å². The van der Waals surface area contributed by atoms with Gasteiger partial charge < -0.3 is 9.80 Å². The maximum atomic E-state index is 13.0. The summed E-state index contributed by atoms with van der Waals surface area (Å²) in [6, 6.07) is 18.8. The summed E-state index contributed by atoms with van der Waals surface area (Å²) >= 11 is 12.5. The molecule has 3 aromatic rings. The van der Waals surface area contributed by atoms with E-state index in [0.717, 1.165) is 11.3 Å². The van der Waals surface area contributed by atoms with Crippen LogP contribution in [0.4, 0.5) is 11.4 Å². The van der Waals surface area contributed by atoms with Crippen LogP contribution in [-0.4, -0.2) is 45.4 Å². The molecule has 4 rings (SSSR count). The Morgan fingerprint density at radius 2 is 1.61 bits per heavy atom. The van der Waals surface area contributed by atoms with Crippen LogP contribution in [0.1, 0.15) is 15.9 Å². The highest BCUT2D eigenvalue weighted by Gasteiger charge is 2.24. The molecule has 0 atom stereocenters. The molecule has 33 heavy (non-hydrogen) atoms. The number of carbonyl (C=O) groups is 1. The summed E-state index contributed by atoms with van der Waals surface area (Å²) in [7, 11) is -3.75. The lowest BCUT2D eigenvalue weighted by Gasteiger charge is -2.36. The van der Waals surface area contributed by atoms with Gasteiger partial charge >= 0.3 is 0 Å². The lowest BCUT2D eigenvalue weighted by atomic mass is 10.1. The molecule has 0 bridgehead atoms. The van der Waals surface area contributed by atoms with Crippen LogP contribution < -0.4 is 9.62 Å². The van der Waals surface area contributed by atoms with Gasteiger partial charge in [0.2, 0.25) is 0 Å². The number of rotatable bonds is 5. The van der Waals surface area contributed by atoms with Gasteiger partial charge in [0.15, 0.2) is 0 Å². The van der Waals surface area contributed by atoms with Crippen molar-refractivity contribution in [2.75, 3.05) is 35.8 Å². The monoisotopic (exact) mass is 503 g/mol. The molecule has 0 radical (unpaired) electrons. The second-order valence-electron chi connectivity index (χ2n) is 7.87. The Labute approximate surface area is 203 Å². The van der Waals surface area contributed by atoms with Gasteiger partial charge in [0, 0.05) is 36.9 Å². The van der Waals surface area contributed by atoms with Crippen LogP contribution in [0.15, 0.2) is 71.6 Å². The highest BCUT2D eigenvalue weighted by Crippen LogP contribution is 2.26. The van der Waals surface area contributed by atoms with Crippen molar-refractivity contribution < 1.29 is 13.2 Å². The van der Waals surface area contributed by atoms with Crippen molar-refractivity contribution in [1.82, 2.24) is 4.90 Å². The van der Waals surface area contributed by atoms with Gasteiger partial charge in [-0.25, -0.2) is 8.42 Å². The SMILES string of the molecule is Cc1ccc(S(=O)(=O)Nc2ccc(C(=O)N3CCN(c4cccc(Cl)c4)CC3)c(Cl)c2)cc1. The van der Waals surface area contributed by atoms with E-state index >= 15 is 0 Å². The van der Waals surface area contributed by atoms with Crippen LogP contribution in [0.3, 0.4) is 0 Å². The number of nitrogens with one attached hydrogen (secondary N) is 1. The molecule has 0 unspecified atom stereocenters. The zero-order chi connectivity index (χ0) is 23.6. The van der Waals surface area contributed by atoms with Crippen molar-refractivity contribution in [3.8, 4) is 0 Å². The van der Waals surface area contributed by atoms with E-state index in [4.69, 9.17) is 23.2 Å². The topological polar surface area (TPSA) is 69.7 Å². The number of aryl methyl sites for hydroxylation is 1. The van der Waals surface area contributed by atoms with Gasteiger partial charge in [0.25, 0.3) is 15.9 Å². The molecule has 3 aromatic carbocycles. The molecule has 1 aliphatic rings. The first-order valence-electron chi connectivity index (χ1n) is 10.4. The minimum absolute atomic E-state index is 0.155. The van der Waals surface area contributed by atoms with Crippen molar-refractivity contribution in [2.24, 2.45) is 0 Å². The number of hydrogen-bond donors (Lipinski definition) is 1. The predicted molar refractivity (Wildman–Crippen MR) is 133 cm³/mol. The molecule has 0 saturated carbocycles. The molecule has 9 heteroatoms. The Morgan fingerprint density at radius 1 is 0.909 bits per heavy atom. The van der Waals surface area contributed by atoms with Gasteiger partial charge in [-0.15, -0.1) is 0 Å². The standard InChI is InChI=1S/C24H23Cl2N3O3S/c1-17-5-8-21(9-6-17)33(31,32)27-19-7-10-22(23(26)16-19)24(30)29-13-11-28(12-14-29)20-4-2-3-18(25)15-20/h2-10,15-16,27H,11-14H2,1H3. The summed E-state index contributed by atoms with van der Waals surface area (Å²) in [5, 5.41) is 0.872. The van der Waals surface area contributed by atoms with Crippen molar-refractivity contribution in [2.45, 2.75) is 11.8 Å². The van der Waals surface area contributed by atoms with Crippen LogP contribution in [0.5, 0.6) is 0 Å². The van der Waals surface area contributed by atoms with Crippen molar-refractivity contribution in [3.05, 3.63) is 87.9 Å². The highest BCUT2D eigenvalue weighted by atomic mass is 35.5. The summed E-state index contributed by atoms with van der Waals surface area (Å²) in [5.41, 5.74) is 2.63. The van der Waals surface area contributed by atoms with E-state index in [1.165, 1.54) is 6.07 Å². The van der Waals surface area contributed by atoms with E-state index < -0.39 is 10.0 Å². The van der Waals surface area contributed by atoms with Crippen LogP contribution >= 0.6 is 23.2 Å². The van der Waals surface area contributed by atoms with E-state index in [1.54, 1.807) is 41.3 Å². The highest BCUT2D eigenvalue weighted by molar-refractivity contribution is 7.92. The number of nitrogens with zero attached hydrogens (tertiary/aromatic N) is 2. The summed E-state index contributed by atoms with van der Waals surface area (Å²) < 4.78 is 27.7. The Balaban J connectivity index is 1.42. The van der Waals surface area contributed by atoms with Gasteiger partial charge in [-0.05, 0) is 55.5 Å². The number of halogens is 2. The van der Waals surface area contributed by atoms with Crippen LogP contribution in [0.25, 0.3) is 0 Å². The van der Waals surface area contributed by atoms with E-state index in [0.29, 0.717) is 42.5 Å². The molecule has 0 spiro atoms. The molecule has 1 saturated heterocycles. The number of piperazine rings is 1. The fraction of sp³-hybridized carbons (Fsp3) is 0.208. The molecule has 1 amide bonds. The average molecular weight is 504 g/mol. The Kier molecular flexibility index (Phi) is 6.83. The smallest absolute Gasteiger partial charge is 0.261 e. The minimum Gasteiger partial charge on any atom is -0.368 e. The first-order valence-corrected chi connectivity index (χ1v) is 12.7. The quantitative estimate of drug-likeness (QED) is 0.527. The van der Waals surface area contributed by atoms with E-state index in [1.807, 2.05) is 31.2 Å². The van der Waals surface area contributed by atoms with Gasteiger partial charge in [0.05, 0.1) is 21.2 Å². The lowest BCUT2D eigenvalue weighted by Crippen LogP contribution is -2.48. The predicted octanol–water partition coefficient (Wildman–Crippen LogP) is 5.07. The van der Waals surface area contributed by atoms with Crippen LogP contribution in [0, 0.1) is 6.92 Å². The lowest BCUT2D eigenvalue weighted by molar-refractivity contribution is 0.0747. The fourth-order valence-corrected chi connectivity index (χ4v) is 5.19. The van der Waals surface area contributed by atoms with Gasteiger partial charge in [0.1, 0.15) is 0 Å². The molecule has 0 aliphatic carbocycles. The summed E-state index contributed by atoms with van der Waals surface area (Å²) in [4.78, 5) is 17.1. The Bertz CT molecular complexity index is 1270. The molecule has 1 aliphatic heterocycles. The van der Waals surface area contributed by atoms with Gasteiger partial charge in [-0.3, -0.25) is 9.52 Å². The molecule has 6 nitrogen and oxygen atoms in total. The van der Waals surface area contributed by atoms with E-state index in [-0.39, 0.29) is 15.8 Å². The second-order valence-corrected chi connectivity index (χ2v) is 10.4. The maximum absolute atomic E-state index is 13.0. The molecular weight excluding hydrogens is 481 g/mol. The molecule has 1 heterocycles. The van der Waals surface area contributed by atoms with E-state index in [9.17, 15) is 13.2 Å². The van der Waals surface area contributed by atoms with Crippen molar-refractivity contribution in [1.29, 1.82) is 0 Å². The number of benzene rings is 3. The number of sulfonamides is 1. The minimum atomic E-state index is -3.75. The fourth-order valence-electron chi connectivity index (χ4n) is 3.69. The zero-order valence-electron chi connectivity index (χ0n) is 18.0. The molecule has 1 N–H and O–H groups in total. The largest absolute Gasteiger partial charge is 0.368 e. The van der Waals surface area contributed by atoms with E-state index in [2.05, 4.69) is 9.62 Å². The van der Waals surface area contributed by atoms with Crippen LogP contribution in [-0.2, 0) is 10.0 Å². The molecule has 0 aromatic heterocycles. The number of amides is 1. The summed E-state index contributed by atoms with van der Waals surface area (Å²) in [6.45, 7) is 4.33. The normalized spacial score (nSPS) is 14.3. The first kappa shape index (κ1) is 23.4. The van der Waals surface area contributed by atoms with Crippen molar-refractivity contribution >= 4 is 50.5 Å².